The minimum atomic E-state index is -0.415. The monoisotopic (exact) mass is 236 g/mol. The molecule has 0 radical (unpaired) electrons. The summed E-state index contributed by atoms with van der Waals surface area (Å²) in [6.07, 6.45) is 1.98. The summed E-state index contributed by atoms with van der Waals surface area (Å²) in [6.45, 7) is 8.97. The van der Waals surface area contributed by atoms with Gasteiger partial charge in [0.05, 0.1) is 12.7 Å². The standard InChI is InChI=1S/C15H24O2/c1-5-6-11(2)10-17-15-8-7-14(13(4)16)9-12(15)3/h7-9,11,13,16H,5-6,10H2,1-4H3/t11?,13-/m1/s1. The molecule has 2 heteroatoms. The molecule has 1 N–H and O–H groups in total. The second-order valence-corrected chi connectivity index (χ2v) is 4.91. The van der Waals surface area contributed by atoms with Gasteiger partial charge < -0.3 is 9.84 Å². The molecule has 2 atom stereocenters. The molecule has 1 aromatic rings. The van der Waals surface area contributed by atoms with Gasteiger partial charge in [-0.2, -0.15) is 0 Å². The maximum atomic E-state index is 9.49. The number of benzene rings is 1. The molecule has 0 aliphatic heterocycles. The molecule has 0 amide bonds. The van der Waals surface area contributed by atoms with E-state index in [1.165, 1.54) is 12.8 Å². The zero-order valence-corrected chi connectivity index (χ0v) is 11.4. The first-order chi connectivity index (χ1) is 8.04. The minimum absolute atomic E-state index is 0.415. The number of hydrogen-bond donors (Lipinski definition) is 1. The summed E-state index contributed by atoms with van der Waals surface area (Å²) in [5.41, 5.74) is 2.03. The smallest absolute Gasteiger partial charge is 0.122 e. The molecule has 0 aliphatic carbocycles. The summed E-state index contributed by atoms with van der Waals surface area (Å²) >= 11 is 0. The Hall–Kier alpha value is -1.02. The van der Waals surface area contributed by atoms with Gasteiger partial charge in [-0.25, -0.2) is 0 Å². The molecular formula is C15H24O2. The minimum Gasteiger partial charge on any atom is -0.493 e. The zero-order chi connectivity index (χ0) is 12.8. The molecule has 1 unspecified atom stereocenters. The molecule has 2 nitrogen and oxygen atoms in total. The van der Waals surface area contributed by atoms with E-state index in [4.69, 9.17) is 4.74 Å². The van der Waals surface area contributed by atoms with Crippen LogP contribution in [0.3, 0.4) is 0 Å². The lowest BCUT2D eigenvalue weighted by Gasteiger charge is -2.15. The number of aliphatic hydroxyl groups excluding tert-OH is 1. The Kier molecular flexibility index (Phi) is 5.49. The average molecular weight is 236 g/mol. The van der Waals surface area contributed by atoms with Crippen LogP contribution in [0, 0.1) is 12.8 Å². The van der Waals surface area contributed by atoms with Gasteiger partial charge in [0.15, 0.2) is 0 Å². The predicted octanol–water partition coefficient (Wildman–Crippen LogP) is 3.86. The Balaban J connectivity index is 2.60. The van der Waals surface area contributed by atoms with Crippen LogP contribution in [0.1, 0.15) is 50.8 Å². The molecule has 0 aromatic heterocycles. The van der Waals surface area contributed by atoms with Crippen LogP contribution in [-0.4, -0.2) is 11.7 Å². The molecule has 0 bridgehead atoms. The number of aliphatic hydroxyl groups is 1. The van der Waals surface area contributed by atoms with Crippen LogP contribution in [-0.2, 0) is 0 Å². The normalized spacial score (nSPS) is 14.4. The van der Waals surface area contributed by atoms with E-state index in [9.17, 15) is 5.11 Å². The van der Waals surface area contributed by atoms with Crippen molar-refractivity contribution >= 4 is 0 Å². The second kappa shape index (κ2) is 6.65. The fourth-order valence-electron chi connectivity index (χ4n) is 1.90. The quantitative estimate of drug-likeness (QED) is 0.812. The van der Waals surface area contributed by atoms with E-state index in [0.29, 0.717) is 5.92 Å². The zero-order valence-electron chi connectivity index (χ0n) is 11.4. The fourth-order valence-corrected chi connectivity index (χ4v) is 1.90. The number of aryl methyl sites for hydroxylation is 1. The highest BCUT2D eigenvalue weighted by Gasteiger charge is 2.07. The van der Waals surface area contributed by atoms with Crippen molar-refractivity contribution in [1.29, 1.82) is 0 Å². The van der Waals surface area contributed by atoms with Crippen LogP contribution in [0.25, 0.3) is 0 Å². The van der Waals surface area contributed by atoms with Gasteiger partial charge in [0, 0.05) is 0 Å². The average Bonchev–Trinajstić information content (AvgIpc) is 2.27. The Morgan fingerprint density at radius 1 is 1.29 bits per heavy atom. The van der Waals surface area contributed by atoms with Crippen LogP contribution in [0.2, 0.25) is 0 Å². The molecule has 0 saturated carbocycles. The van der Waals surface area contributed by atoms with E-state index >= 15 is 0 Å². The van der Waals surface area contributed by atoms with Gasteiger partial charge >= 0.3 is 0 Å². The summed E-state index contributed by atoms with van der Waals surface area (Å²) in [5, 5.41) is 9.49. The lowest BCUT2D eigenvalue weighted by atomic mass is 10.1. The largest absolute Gasteiger partial charge is 0.493 e. The van der Waals surface area contributed by atoms with E-state index in [0.717, 1.165) is 23.5 Å². The molecule has 0 fully saturated rings. The molecule has 0 saturated heterocycles. The highest BCUT2D eigenvalue weighted by molar-refractivity contribution is 5.36. The molecule has 96 valence electrons. The van der Waals surface area contributed by atoms with Crippen LogP contribution >= 0.6 is 0 Å². The SMILES string of the molecule is CCCC(C)COc1ccc([C@@H](C)O)cc1C. The highest BCUT2D eigenvalue weighted by atomic mass is 16.5. The van der Waals surface area contributed by atoms with E-state index < -0.39 is 6.10 Å². The van der Waals surface area contributed by atoms with E-state index in [1.807, 2.05) is 25.1 Å². The molecule has 0 spiro atoms. The van der Waals surface area contributed by atoms with Crippen molar-refractivity contribution in [1.82, 2.24) is 0 Å². The lowest BCUT2D eigenvalue weighted by molar-refractivity contribution is 0.199. The molecule has 0 heterocycles. The molecular weight excluding hydrogens is 212 g/mol. The number of rotatable bonds is 6. The van der Waals surface area contributed by atoms with Gasteiger partial charge in [0.2, 0.25) is 0 Å². The van der Waals surface area contributed by atoms with Crippen LogP contribution < -0.4 is 4.74 Å². The molecule has 1 aromatic carbocycles. The van der Waals surface area contributed by atoms with Crippen molar-refractivity contribution in [2.24, 2.45) is 5.92 Å². The predicted molar refractivity (Wildman–Crippen MR) is 71.4 cm³/mol. The molecule has 17 heavy (non-hydrogen) atoms. The number of hydrogen-bond acceptors (Lipinski definition) is 2. The number of ether oxygens (including phenoxy) is 1. The first kappa shape index (κ1) is 14.0. The second-order valence-electron chi connectivity index (χ2n) is 4.91. The lowest BCUT2D eigenvalue weighted by Crippen LogP contribution is -2.09. The Morgan fingerprint density at radius 3 is 2.53 bits per heavy atom. The van der Waals surface area contributed by atoms with Crippen LogP contribution in [0.4, 0.5) is 0 Å². The summed E-state index contributed by atoms with van der Waals surface area (Å²) < 4.78 is 5.80. The third-order valence-electron chi connectivity index (χ3n) is 2.99. The van der Waals surface area contributed by atoms with Crippen molar-refractivity contribution < 1.29 is 9.84 Å². The van der Waals surface area contributed by atoms with Gasteiger partial charge in [-0.1, -0.05) is 26.3 Å². The van der Waals surface area contributed by atoms with Crippen molar-refractivity contribution in [3.8, 4) is 5.75 Å². The summed E-state index contributed by atoms with van der Waals surface area (Å²) in [6, 6.07) is 5.87. The molecule has 1 rings (SSSR count). The maximum Gasteiger partial charge on any atom is 0.122 e. The van der Waals surface area contributed by atoms with Gasteiger partial charge in [-0.15, -0.1) is 0 Å². The molecule has 0 aliphatic rings. The van der Waals surface area contributed by atoms with Crippen molar-refractivity contribution in [2.45, 2.75) is 46.6 Å². The van der Waals surface area contributed by atoms with Crippen LogP contribution in [0.5, 0.6) is 5.75 Å². The highest BCUT2D eigenvalue weighted by Crippen LogP contribution is 2.23. The topological polar surface area (TPSA) is 29.5 Å². The van der Waals surface area contributed by atoms with Gasteiger partial charge in [-0.3, -0.25) is 0 Å². The summed E-state index contributed by atoms with van der Waals surface area (Å²) in [7, 11) is 0. The van der Waals surface area contributed by atoms with Gasteiger partial charge in [0.25, 0.3) is 0 Å². The summed E-state index contributed by atoms with van der Waals surface area (Å²) in [5.74, 6) is 1.52. The first-order valence-electron chi connectivity index (χ1n) is 6.46. The van der Waals surface area contributed by atoms with Crippen molar-refractivity contribution in [3.05, 3.63) is 29.3 Å². The maximum absolute atomic E-state index is 9.49. The van der Waals surface area contributed by atoms with Crippen molar-refractivity contribution in [3.63, 3.8) is 0 Å². The Labute approximate surface area is 105 Å². The third kappa shape index (κ3) is 4.39. The van der Waals surface area contributed by atoms with Gasteiger partial charge in [0.1, 0.15) is 5.75 Å². The van der Waals surface area contributed by atoms with Crippen molar-refractivity contribution in [2.75, 3.05) is 6.61 Å². The van der Waals surface area contributed by atoms with Crippen LogP contribution in [0.15, 0.2) is 18.2 Å². The Bertz CT molecular complexity index is 345. The summed E-state index contributed by atoms with van der Waals surface area (Å²) in [4.78, 5) is 0. The first-order valence-corrected chi connectivity index (χ1v) is 6.46. The Morgan fingerprint density at radius 2 is 2.00 bits per heavy atom. The third-order valence-corrected chi connectivity index (χ3v) is 2.99. The van der Waals surface area contributed by atoms with Gasteiger partial charge in [-0.05, 0) is 49.4 Å². The van der Waals surface area contributed by atoms with E-state index in [2.05, 4.69) is 13.8 Å². The van der Waals surface area contributed by atoms with E-state index in [1.54, 1.807) is 6.92 Å². The van der Waals surface area contributed by atoms with E-state index in [-0.39, 0.29) is 0 Å². The fraction of sp³-hybridized carbons (Fsp3) is 0.600.